The van der Waals surface area contributed by atoms with Crippen molar-refractivity contribution >= 4 is 80.4 Å². The third-order valence-corrected chi connectivity index (χ3v) is 34.7. The summed E-state index contributed by atoms with van der Waals surface area (Å²) >= 11 is 0. The molecular weight excluding hydrogens is 669 g/mol. The maximum Gasteiger partial charge on any atom is 0.635 e. The summed E-state index contributed by atoms with van der Waals surface area (Å²) in [5.41, 5.74) is 0. The van der Waals surface area contributed by atoms with Crippen molar-refractivity contribution in [3.8, 4) is 0 Å². The fourth-order valence-electron chi connectivity index (χ4n) is 5.35. The normalized spacial score (nSPS) is 16.2. The molecule has 0 aromatic heterocycles. The molecule has 41 heavy (non-hydrogen) atoms. The Morgan fingerprint density at radius 1 is 0.463 bits per heavy atom. The van der Waals surface area contributed by atoms with Gasteiger partial charge >= 0.3 is 17.9 Å². The van der Waals surface area contributed by atoms with Gasteiger partial charge in [-0.3, -0.25) is 0 Å². The van der Waals surface area contributed by atoms with Gasteiger partial charge in [-0.05, 0) is 90.4 Å². The van der Waals surface area contributed by atoms with E-state index in [2.05, 4.69) is 78.9 Å². The van der Waals surface area contributed by atoms with Crippen molar-refractivity contribution in [1.82, 2.24) is 0 Å². The first-order valence-corrected chi connectivity index (χ1v) is 38.2. The average Bonchev–Trinajstić information content (AvgIpc) is 2.80. The highest BCUT2D eigenvalue weighted by Crippen LogP contribution is 2.32. The molecular formula is C24H68O8Si9. The highest BCUT2D eigenvalue weighted by atomic mass is 28.5. The zero-order valence-electron chi connectivity index (χ0n) is 29.5. The largest absolute Gasteiger partial charge is 0.635 e. The zero-order chi connectivity index (χ0) is 31.8. The molecule has 0 amide bonds. The van der Waals surface area contributed by atoms with Gasteiger partial charge in [0.2, 0.25) is 0 Å². The summed E-state index contributed by atoms with van der Waals surface area (Å²) in [7, 11) is -15.5. The van der Waals surface area contributed by atoms with Crippen molar-refractivity contribution in [3.63, 3.8) is 0 Å². The predicted octanol–water partition coefficient (Wildman–Crippen LogP) is 5.94. The Morgan fingerprint density at radius 2 is 0.854 bits per heavy atom. The molecule has 0 saturated carbocycles. The third-order valence-electron chi connectivity index (χ3n) is 6.77. The van der Waals surface area contributed by atoms with Gasteiger partial charge in [-0.2, -0.15) is 0 Å². The van der Waals surface area contributed by atoms with Gasteiger partial charge in [0.25, 0.3) is 0 Å². The van der Waals surface area contributed by atoms with Crippen LogP contribution in [0.2, 0.25) is 102 Å². The van der Waals surface area contributed by atoms with Crippen LogP contribution in [-0.4, -0.2) is 93.6 Å². The summed E-state index contributed by atoms with van der Waals surface area (Å²) < 4.78 is 52.1. The molecule has 0 atom stereocenters. The Balaban J connectivity index is 5.45. The fourth-order valence-corrected chi connectivity index (χ4v) is 38.0. The minimum absolute atomic E-state index is 0.590. The lowest BCUT2D eigenvalue weighted by Gasteiger charge is -2.39. The molecule has 0 aromatic carbocycles. The lowest BCUT2D eigenvalue weighted by Crippen LogP contribution is -2.58. The topological polar surface area (TPSA) is 73.8 Å². The SMILES string of the molecule is CCC[Si](C)(C)O[Si](C)(C)CCCC[Si](C)(C)O[Si](CC[Si](C)(C)O[Si](O[SiH2]C)(O[SiH2]C)O[SiH2]C)(OCC)OCC. The van der Waals surface area contributed by atoms with Gasteiger partial charge in [-0.1, -0.05) is 45.8 Å². The van der Waals surface area contributed by atoms with Crippen LogP contribution in [-0.2, 0) is 33.5 Å². The molecule has 0 aromatic rings. The number of rotatable bonds is 26. The molecule has 0 aliphatic carbocycles. The van der Waals surface area contributed by atoms with Crippen LogP contribution in [0.3, 0.4) is 0 Å². The summed E-state index contributed by atoms with van der Waals surface area (Å²) in [5.74, 6) is 0. The van der Waals surface area contributed by atoms with Gasteiger partial charge in [-0.15, -0.1) is 0 Å². The van der Waals surface area contributed by atoms with Crippen LogP contribution in [0, 0.1) is 0 Å². The first-order chi connectivity index (χ1) is 18.9. The highest BCUT2D eigenvalue weighted by molar-refractivity contribution is 6.85. The van der Waals surface area contributed by atoms with Crippen LogP contribution in [0.15, 0.2) is 0 Å². The second kappa shape index (κ2) is 20.0. The Kier molecular flexibility index (Phi) is 20.8. The van der Waals surface area contributed by atoms with Crippen LogP contribution in [0.1, 0.15) is 40.0 Å². The lowest BCUT2D eigenvalue weighted by atomic mass is 10.4. The van der Waals surface area contributed by atoms with E-state index in [1.165, 1.54) is 31.4 Å². The van der Waals surface area contributed by atoms with E-state index in [0.29, 0.717) is 13.2 Å². The van der Waals surface area contributed by atoms with E-state index in [1.54, 1.807) is 0 Å². The maximum atomic E-state index is 7.04. The molecule has 0 saturated heterocycles. The summed E-state index contributed by atoms with van der Waals surface area (Å²) in [6.07, 6.45) is 3.59. The minimum atomic E-state index is -3.02. The molecule has 0 aliphatic rings. The summed E-state index contributed by atoms with van der Waals surface area (Å²) in [6, 6.07) is 5.20. The van der Waals surface area contributed by atoms with Gasteiger partial charge in [-0.25, -0.2) is 0 Å². The van der Waals surface area contributed by atoms with Gasteiger partial charge in [0.15, 0.2) is 62.6 Å². The minimum Gasteiger partial charge on any atom is -0.455 e. The summed E-state index contributed by atoms with van der Waals surface area (Å²) in [5, 5.41) is 0. The third kappa shape index (κ3) is 18.4. The first-order valence-electron chi connectivity index (χ1n) is 16.2. The number of hydrogen-bond donors (Lipinski definition) is 0. The Bertz CT molecular complexity index is 679. The van der Waals surface area contributed by atoms with Crippen LogP contribution < -0.4 is 0 Å². The van der Waals surface area contributed by atoms with Crippen molar-refractivity contribution in [2.24, 2.45) is 0 Å². The quantitative estimate of drug-likeness (QED) is 0.0799. The Labute approximate surface area is 268 Å². The second-order valence-electron chi connectivity index (χ2n) is 13.2. The van der Waals surface area contributed by atoms with E-state index < -0.39 is 80.4 Å². The second-order valence-corrected chi connectivity index (χ2v) is 40.3. The van der Waals surface area contributed by atoms with E-state index >= 15 is 0 Å². The molecule has 0 N–H and O–H groups in total. The lowest BCUT2D eigenvalue weighted by molar-refractivity contribution is 0.114. The maximum absolute atomic E-state index is 7.04. The molecule has 17 heteroatoms. The molecule has 0 bridgehead atoms. The smallest absolute Gasteiger partial charge is 0.455 e. The van der Waals surface area contributed by atoms with Gasteiger partial charge in [0.05, 0.1) is 0 Å². The summed E-state index contributed by atoms with van der Waals surface area (Å²) in [6.45, 7) is 32.6. The van der Waals surface area contributed by atoms with Crippen molar-refractivity contribution in [3.05, 3.63) is 0 Å². The van der Waals surface area contributed by atoms with Gasteiger partial charge in [0, 0.05) is 19.3 Å². The molecule has 0 aliphatic heterocycles. The molecule has 8 nitrogen and oxygen atoms in total. The molecule has 0 radical (unpaired) electrons. The van der Waals surface area contributed by atoms with E-state index in [0.717, 1.165) is 18.1 Å². The van der Waals surface area contributed by atoms with Crippen molar-refractivity contribution in [2.75, 3.05) is 13.2 Å². The van der Waals surface area contributed by atoms with Crippen molar-refractivity contribution < 1.29 is 33.5 Å². The van der Waals surface area contributed by atoms with E-state index in [4.69, 9.17) is 33.5 Å². The molecule has 0 heterocycles. The monoisotopic (exact) mass is 736 g/mol. The fraction of sp³-hybridized carbons (Fsp3) is 1.00. The Morgan fingerprint density at radius 3 is 1.24 bits per heavy atom. The molecule has 248 valence electrons. The molecule has 0 fully saturated rings. The van der Waals surface area contributed by atoms with Gasteiger partial charge in [0.1, 0.15) is 0 Å². The van der Waals surface area contributed by atoms with Crippen LogP contribution >= 0.6 is 0 Å². The highest BCUT2D eigenvalue weighted by Gasteiger charge is 2.51. The van der Waals surface area contributed by atoms with Crippen LogP contribution in [0.25, 0.3) is 0 Å². The van der Waals surface area contributed by atoms with Crippen molar-refractivity contribution in [2.45, 2.75) is 142 Å². The number of hydrogen-bond acceptors (Lipinski definition) is 8. The summed E-state index contributed by atoms with van der Waals surface area (Å²) in [4.78, 5) is 0. The van der Waals surface area contributed by atoms with Crippen LogP contribution in [0.5, 0.6) is 0 Å². The standard InChI is InChI=1S/C24H68O8Si9/c1-15-20-36(7,8)30-37(9,10)21-18-19-22-38(11,12)31-40(25-16-2,26-17-3)24-23-39(13,14)32-41(27-33-4,28-34-5)29-35-6/h15-24,33-35H2,1-14H3. The van der Waals surface area contributed by atoms with E-state index in [1.807, 2.05) is 13.8 Å². The zero-order valence-corrected chi connectivity index (χ0v) is 39.7. The predicted molar refractivity (Wildman–Crippen MR) is 198 cm³/mol. The van der Waals surface area contributed by atoms with Crippen molar-refractivity contribution in [1.29, 1.82) is 0 Å². The molecule has 0 spiro atoms. The molecule has 0 unspecified atom stereocenters. The van der Waals surface area contributed by atoms with E-state index in [9.17, 15) is 0 Å². The van der Waals surface area contributed by atoms with E-state index in [-0.39, 0.29) is 0 Å². The van der Waals surface area contributed by atoms with Crippen LogP contribution in [0.4, 0.5) is 0 Å². The Hall–Kier alpha value is 1.63. The van der Waals surface area contributed by atoms with Gasteiger partial charge < -0.3 is 33.5 Å². The average molecular weight is 738 g/mol. The number of unbranched alkanes of at least 4 members (excludes halogenated alkanes) is 1. The molecule has 0 rings (SSSR count). The first kappa shape index (κ1) is 42.6.